The van der Waals surface area contributed by atoms with Crippen LogP contribution in [0.4, 0.5) is 13.2 Å². The molecule has 1 aromatic heterocycles. The van der Waals surface area contributed by atoms with Gasteiger partial charge in [-0.15, -0.1) is 0 Å². The monoisotopic (exact) mass is 433 g/mol. The number of benzene rings is 1. The fourth-order valence-corrected chi connectivity index (χ4v) is 3.37. The summed E-state index contributed by atoms with van der Waals surface area (Å²) in [5.74, 6) is -3.49. The van der Waals surface area contributed by atoms with E-state index >= 15 is 0 Å². The Bertz CT molecular complexity index is 1040. The molecule has 0 atom stereocenters. The number of rotatable bonds is 6. The summed E-state index contributed by atoms with van der Waals surface area (Å²) in [5.41, 5.74) is 0.814. The zero-order chi connectivity index (χ0) is 21.7. The van der Waals surface area contributed by atoms with Crippen molar-refractivity contribution < 1.29 is 18.0 Å². The number of carbonyl (C=O) groups excluding carboxylic acids is 1. The lowest BCUT2D eigenvalue weighted by atomic mass is 10.1. The summed E-state index contributed by atoms with van der Waals surface area (Å²) >= 11 is 0.900. The Hall–Kier alpha value is -3.14. The Balaban J connectivity index is 1.54. The maximum atomic E-state index is 13.8. The van der Waals surface area contributed by atoms with Gasteiger partial charge in [-0.1, -0.05) is 17.8 Å². The lowest BCUT2D eigenvalue weighted by Gasteiger charge is -2.09. The van der Waals surface area contributed by atoms with Gasteiger partial charge in [0.05, 0.1) is 17.3 Å². The van der Waals surface area contributed by atoms with E-state index in [4.69, 9.17) is 10.8 Å². The van der Waals surface area contributed by atoms with Crippen LogP contribution in [0, 0.1) is 28.3 Å². The number of nitrogens with one attached hydrogen (secondary N) is 4. The number of carbonyl (C=O) groups is 1. The van der Waals surface area contributed by atoms with E-state index in [0.29, 0.717) is 30.0 Å². The zero-order valence-corrected chi connectivity index (χ0v) is 16.5. The smallest absolute Gasteiger partial charge is 0.268 e. The number of nitrogens with zero attached hydrogens (tertiary/aromatic N) is 1. The molecule has 0 fully saturated rings. The molecule has 2 heterocycles. The normalized spacial score (nSPS) is 13.1. The molecule has 1 amide bonds. The second-order valence-electron chi connectivity index (χ2n) is 6.44. The number of aromatic amines is 1. The van der Waals surface area contributed by atoms with Crippen molar-refractivity contribution in [1.82, 2.24) is 10.3 Å². The Morgan fingerprint density at radius 3 is 2.60 bits per heavy atom. The third-order valence-electron chi connectivity index (χ3n) is 4.20. The summed E-state index contributed by atoms with van der Waals surface area (Å²) in [6, 6.07) is 2.64. The SMILES string of the molecule is N=C(CNC(=O)c1cc(Cc2c(F)cc(F)cc2F)c[nH]1)SC(=N)C1=NCCC=C1. The first-order valence-corrected chi connectivity index (χ1v) is 9.79. The Labute approximate surface area is 174 Å². The molecule has 4 N–H and O–H groups in total. The minimum atomic E-state index is -0.997. The Morgan fingerprint density at radius 2 is 1.93 bits per heavy atom. The molecule has 0 spiro atoms. The first kappa shape index (κ1) is 21.6. The molecule has 10 heteroatoms. The molecule has 1 aromatic carbocycles. The first-order valence-electron chi connectivity index (χ1n) is 8.97. The van der Waals surface area contributed by atoms with Crippen LogP contribution in [-0.4, -0.2) is 39.8 Å². The van der Waals surface area contributed by atoms with Crippen LogP contribution >= 0.6 is 11.8 Å². The van der Waals surface area contributed by atoms with Crippen molar-refractivity contribution in [2.75, 3.05) is 13.1 Å². The van der Waals surface area contributed by atoms with Gasteiger partial charge in [0.15, 0.2) is 0 Å². The largest absolute Gasteiger partial charge is 0.357 e. The van der Waals surface area contributed by atoms with Crippen LogP contribution in [0.2, 0.25) is 0 Å². The van der Waals surface area contributed by atoms with Crippen LogP contribution in [-0.2, 0) is 6.42 Å². The number of dihydropyridines is 1. The van der Waals surface area contributed by atoms with Gasteiger partial charge in [0.25, 0.3) is 5.91 Å². The van der Waals surface area contributed by atoms with Crippen molar-refractivity contribution in [2.45, 2.75) is 12.8 Å². The number of aliphatic imine (C=N–C) groups is 1. The molecule has 2 aromatic rings. The molecule has 0 unspecified atom stereocenters. The summed E-state index contributed by atoms with van der Waals surface area (Å²) in [7, 11) is 0. The predicted octanol–water partition coefficient (Wildman–Crippen LogP) is 3.84. The second kappa shape index (κ2) is 9.57. The van der Waals surface area contributed by atoms with E-state index in [9.17, 15) is 18.0 Å². The van der Waals surface area contributed by atoms with Crippen LogP contribution in [0.1, 0.15) is 28.0 Å². The number of thioether (sulfide) groups is 1. The highest BCUT2D eigenvalue weighted by molar-refractivity contribution is 8.28. The number of hydrogen-bond donors (Lipinski definition) is 4. The molecule has 30 heavy (non-hydrogen) atoms. The van der Waals surface area contributed by atoms with Gasteiger partial charge in [-0.25, -0.2) is 13.2 Å². The van der Waals surface area contributed by atoms with Crippen LogP contribution in [0.5, 0.6) is 0 Å². The van der Waals surface area contributed by atoms with Gasteiger partial charge in [0.1, 0.15) is 28.2 Å². The number of hydrogen-bond acceptors (Lipinski definition) is 5. The standard InChI is InChI=1S/C20H18F3N5OS/c21-12-7-14(22)13(15(23)8-12)5-11-6-17(27-9-11)20(29)28-10-18(24)30-19(25)16-3-1-2-4-26-16/h1,3,6-9,24-25,27H,2,4-5,10H2,(H,28,29). The molecule has 0 saturated carbocycles. The fourth-order valence-electron chi connectivity index (χ4n) is 2.74. The van der Waals surface area contributed by atoms with E-state index in [0.717, 1.165) is 18.2 Å². The average molecular weight is 433 g/mol. The van der Waals surface area contributed by atoms with Crippen molar-refractivity contribution in [3.63, 3.8) is 0 Å². The average Bonchev–Trinajstić information content (AvgIpc) is 3.18. The number of allylic oxidation sites excluding steroid dienone is 1. The molecule has 0 radical (unpaired) electrons. The van der Waals surface area contributed by atoms with Gasteiger partial charge in [-0.3, -0.25) is 20.6 Å². The topological polar surface area (TPSA) is 105 Å². The van der Waals surface area contributed by atoms with Crippen LogP contribution in [0.15, 0.2) is 41.5 Å². The fraction of sp³-hybridized carbons (Fsp3) is 0.200. The van der Waals surface area contributed by atoms with Gasteiger partial charge in [0.2, 0.25) is 0 Å². The summed E-state index contributed by atoms with van der Waals surface area (Å²) in [6.07, 6.45) is 5.75. The summed E-state index contributed by atoms with van der Waals surface area (Å²) in [6.45, 7) is 0.526. The quantitative estimate of drug-likeness (QED) is 0.411. The van der Waals surface area contributed by atoms with Gasteiger partial charge in [0, 0.05) is 36.9 Å². The maximum absolute atomic E-state index is 13.8. The number of H-pyrrole nitrogens is 1. The summed E-state index contributed by atoms with van der Waals surface area (Å²) in [4.78, 5) is 19.2. The second-order valence-corrected chi connectivity index (χ2v) is 7.55. The van der Waals surface area contributed by atoms with E-state index in [1.54, 1.807) is 6.08 Å². The maximum Gasteiger partial charge on any atom is 0.268 e. The van der Waals surface area contributed by atoms with E-state index in [1.165, 1.54) is 12.3 Å². The van der Waals surface area contributed by atoms with Gasteiger partial charge in [-0.05, 0) is 24.1 Å². The van der Waals surface area contributed by atoms with E-state index in [2.05, 4.69) is 15.3 Å². The molecule has 156 valence electrons. The van der Waals surface area contributed by atoms with Gasteiger partial charge >= 0.3 is 0 Å². The summed E-state index contributed by atoms with van der Waals surface area (Å²) < 4.78 is 40.6. The highest BCUT2D eigenvalue weighted by Crippen LogP contribution is 2.19. The highest BCUT2D eigenvalue weighted by atomic mass is 32.2. The highest BCUT2D eigenvalue weighted by Gasteiger charge is 2.16. The molecule has 6 nitrogen and oxygen atoms in total. The molecule has 3 rings (SSSR count). The van der Waals surface area contributed by atoms with Crippen molar-refractivity contribution in [3.05, 3.63) is 70.8 Å². The minimum Gasteiger partial charge on any atom is -0.357 e. The van der Waals surface area contributed by atoms with Crippen molar-refractivity contribution in [1.29, 1.82) is 10.8 Å². The third kappa shape index (κ3) is 5.47. The molecular weight excluding hydrogens is 415 g/mol. The third-order valence-corrected chi connectivity index (χ3v) is 5.00. The van der Waals surface area contributed by atoms with Gasteiger partial charge in [-0.2, -0.15) is 0 Å². The van der Waals surface area contributed by atoms with Crippen LogP contribution in [0.3, 0.4) is 0 Å². The lowest BCUT2D eigenvalue weighted by molar-refractivity contribution is 0.0955. The number of amides is 1. The molecule has 1 aliphatic rings. The van der Waals surface area contributed by atoms with Crippen molar-refractivity contribution in [3.8, 4) is 0 Å². The molecule has 0 aliphatic carbocycles. The first-order chi connectivity index (χ1) is 14.3. The van der Waals surface area contributed by atoms with E-state index in [-0.39, 0.29) is 34.3 Å². The van der Waals surface area contributed by atoms with Crippen LogP contribution in [0.25, 0.3) is 0 Å². The number of halogens is 3. The Kier molecular flexibility index (Phi) is 6.88. The molecular formula is C20H18F3N5OS. The molecule has 1 aliphatic heterocycles. The molecule has 0 saturated heterocycles. The van der Waals surface area contributed by atoms with Gasteiger partial charge < -0.3 is 10.3 Å². The van der Waals surface area contributed by atoms with Crippen LogP contribution < -0.4 is 5.32 Å². The van der Waals surface area contributed by atoms with Crippen molar-refractivity contribution >= 4 is 33.5 Å². The number of aromatic nitrogens is 1. The molecule has 0 bridgehead atoms. The summed E-state index contributed by atoms with van der Waals surface area (Å²) in [5, 5.41) is 18.6. The zero-order valence-electron chi connectivity index (χ0n) is 15.7. The lowest BCUT2D eigenvalue weighted by Crippen LogP contribution is -2.29. The minimum absolute atomic E-state index is 0.0669. The van der Waals surface area contributed by atoms with Crippen molar-refractivity contribution in [2.24, 2.45) is 4.99 Å². The van der Waals surface area contributed by atoms with E-state index in [1.807, 2.05) is 6.08 Å². The predicted molar refractivity (Wildman–Crippen MR) is 111 cm³/mol. The Morgan fingerprint density at radius 1 is 1.20 bits per heavy atom. The van der Waals surface area contributed by atoms with E-state index < -0.39 is 23.4 Å².